The van der Waals surface area contributed by atoms with E-state index in [-0.39, 0.29) is 23.1 Å². The van der Waals surface area contributed by atoms with Gasteiger partial charge in [-0.2, -0.15) is 13.2 Å². The highest BCUT2D eigenvalue weighted by Crippen LogP contribution is 2.32. The topological polar surface area (TPSA) is 17.1 Å². The predicted molar refractivity (Wildman–Crippen MR) is 53.9 cm³/mol. The molecular formula is C10H7BrF4O. The van der Waals surface area contributed by atoms with Gasteiger partial charge in [0.05, 0.1) is 10.9 Å². The number of benzene rings is 1. The van der Waals surface area contributed by atoms with Crippen LogP contribution in [0, 0.1) is 5.82 Å². The van der Waals surface area contributed by atoms with Crippen molar-refractivity contribution in [2.24, 2.45) is 0 Å². The van der Waals surface area contributed by atoms with E-state index in [1.165, 1.54) is 6.07 Å². The highest BCUT2D eigenvalue weighted by atomic mass is 79.9. The molecule has 1 nitrogen and oxygen atoms in total. The van der Waals surface area contributed by atoms with Gasteiger partial charge < -0.3 is 0 Å². The number of carbonyl (C=O) groups is 1. The Morgan fingerprint density at radius 3 is 2.44 bits per heavy atom. The van der Waals surface area contributed by atoms with E-state index in [0.29, 0.717) is 6.07 Å². The quantitative estimate of drug-likeness (QED) is 0.618. The second kappa shape index (κ2) is 4.95. The largest absolute Gasteiger partial charge is 0.419 e. The van der Waals surface area contributed by atoms with E-state index in [2.05, 4.69) is 15.9 Å². The van der Waals surface area contributed by atoms with Crippen molar-refractivity contribution in [1.29, 1.82) is 0 Å². The van der Waals surface area contributed by atoms with Gasteiger partial charge in [0, 0.05) is 6.42 Å². The zero-order valence-electron chi connectivity index (χ0n) is 7.94. The Morgan fingerprint density at radius 1 is 1.31 bits per heavy atom. The van der Waals surface area contributed by atoms with E-state index in [1.54, 1.807) is 0 Å². The minimum Gasteiger partial charge on any atom is -0.298 e. The van der Waals surface area contributed by atoms with E-state index in [9.17, 15) is 22.4 Å². The van der Waals surface area contributed by atoms with Crippen molar-refractivity contribution in [1.82, 2.24) is 0 Å². The summed E-state index contributed by atoms with van der Waals surface area (Å²) in [6.07, 6.45) is -5.08. The van der Waals surface area contributed by atoms with Crippen molar-refractivity contribution in [2.75, 3.05) is 5.33 Å². The maximum Gasteiger partial charge on any atom is 0.419 e. The van der Waals surface area contributed by atoms with E-state index < -0.39 is 17.6 Å². The summed E-state index contributed by atoms with van der Waals surface area (Å²) in [5.41, 5.74) is -1.58. The van der Waals surface area contributed by atoms with Crippen LogP contribution in [0.2, 0.25) is 0 Å². The summed E-state index contributed by atoms with van der Waals surface area (Å²) in [5, 5.41) is -0.0112. The third kappa shape index (κ3) is 3.04. The zero-order valence-corrected chi connectivity index (χ0v) is 9.53. The van der Waals surface area contributed by atoms with Crippen LogP contribution in [-0.4, -0.2) is 11.1 Å². The highest BCUT2D eigenvalue weighted by Gasteiger charge is 2.34. The summed E-state index contributed by atoms with van der Waals surface area (Å²) in [4.78, 5) is 11.0. The lowest BCUT2D eigenvalue weighted by molar-refractivity contribution is -0.140. The molecule has 1 aromatic rings. The maximum absolute atomic E-state index is 13.4. The summed E-state index contributed by atoms with van der Waals surface area (Å²) in [5.74, 6) is -1.75. The summed E-state index contributed by atoms with van der Waals surface area (Å²) in [6, 6.07) is 2.91. The maximum atomic E-state index is 13.4. The Kier molecular flexibility index (Phi) is 4.07. The highest BCUT2D eigenvalue weighted by molar-refractivity contribution is 9.09. The fraction of sp³-hybridized carbons (Fsp3) is 0.300. The van der Waals surface area contributed by atoms with Crippen molar-refractivity contribution >= 4 is 21.7 Å². The molecule has 0 aliphatic carbocycles. The van der Waals surface area contributed by atoms with Gasteiger partial charge in [0.1, 0.15) is 11.6 Å². The van der Waals surface area contributed by atoms with Crippen LogP contribution < -0.4 is 0 Å². The second-order valence-corrected chi connectivity index (χ2v) is 3.69. The van der Waals surface area contributed by atoms with Gasteiger partial charge in [0.15, 0.2) is 0 Å². The smallest absolute Gasteiger partial charge is 0.298 e. The van der Waals surface area contributed by atoms with Crippen LogP contribution in [0.4, 0.5) is 17.6 Å². The van der Waals surface area contributed by atoms with Crippen molar-refractivity contribution in [3.8, 4) is 0 Å². The fourth-order valence-electron chi connectivity index (χ4n) is 1.19. The third-order valence-corrected chi connectivity index (χ3v) is 2.55. The normalized spacial score (nSPS) is 11.6. The lowest BCUT2D eigenvalue weighted by Gasteiger charge is -2.10. The molecule has 0 saturated carbocycles. The molecule has 0 N–H and O–H groups in total. The van der Waals surface area contributed by atoms with Crippen LogP contribution in [0.5, 0.6) is 0 Å². The fourth-order valence-corrected chi connectivity index (χ4v) is 1.39. The van der Waals surface area contributed by atoms with E-state index in [4.69, 9.17) is 0 Å². The van der Waals surface area contributed by atoms with Crippen molar-refractivity contribution in [3.05, 3.63) is 35.1 Å². The molecule has 0 saturated heterocycles. The summed E-state index contributed by atoms with van der Waals surface area (Å²) >= 11 is 2.86. The lowest BCUT2D eigenvalue weighted by atomic mass is 10.0. The standard InChI is InChI=1S/C10H7BrF4O/c11-5-7(16)4-6-2-1-3-8(9(6)12)10(13,14)15/h1-3H,4-5H2. The van der Waals surface area contributed by atoms with Gasteiger partial charge in [-0.05, 0) is 11.6 Å². The molecule has 0 aliphatic heterocycles. The van der Waals surface area contributed by atoms with Gasteiger partial charge in [-0.25, -0.2) is 4.39 Å². The first-order valence-electron chi connectivity index (χ1n) is 4.28. The number of alkyl halides is 4. The molecule has 88 valence electrons. The van der Waals surface area contributed by atoms with Crippen LogP contribution in [0.3, 0.4) is 0 Å². The average molecular weight is 299 g/mol. The number of carbonyl (C=O) groups excluding carboxylic acids is 1. The summed E-state index contributed by atoms with van der Waals surface area (Å²) < 4.78 is 50.3. The molecule has 0 atom stereocenters. The molecule has 0 aromatic heterocycles. The molecule has 0 fully saturated rings. The van der Waals surface area contributed by atoms with Gasteiger partial charge in [-0.3, -0.25) is 4.79 Å². The van der Waals surface area contributed by atoms with Crippen molar-refractivity contribution < 1.29 is 22.4 Å². The molecule has 16 heavy (non-hydrogen) atoms. The second-order valence-electron chi connectivity index (χ2n) is 3.13. The minimum absolute atomic E-state index is 0.0112. The average Bonchev–Trinajstić information content (AvgIpc) is 2.19. The molecule has 0 amide bonds. The monoisotopic (exact) mass is 298 g/mol. The lowest BCUT2D eigenvalue weighted by Crippen LogP contribution is -2.12. The molecule has 6 heteroatoms. The number of Topliss-reactive ketones (excluding diaryl/α,β-unsaturated/α-hetero) is 1. The van der Waals surface area contributed by atoms with Crippen LogP contribution >= 0.6 is 15.9 Å². The molecule has 1 aromatic carbocycles. The first-order chi connectivity index (χ1) is 7.36. The molecule has 0 heterocycles. The van der Waals surface area contributed by atoms with E-state index in [1.807, 2.05) is 0 Å². The molecular weight excluding hydrogens is 292 g/mol. The Balaban J connectivity index is 3.09. The molecule has 0 spiro atoms. The first-order valence-corrected chi connectivity index (χ1v) is 5.40. The van der Waals surface area contributed by atoms with Crippen molar-refractivity contribution in [3.63, 3.8) is 0 Å². The van der Waals surface area contributed by atoms with Gasteiger partial charge in [-0.1, -0.05) is 28.1 Å². The van der Waals surface area contributed by atoms with Crippen LogP contribution in [0.1, 0.15) is 11.1 Å². The number of ketones is 1. The third-order valence-electron chi connectivity index (χ3n) is 1.92. The van der Waals surface area contributed by atoms with Crippen LogP contribution in [-0.2, 0) is 17.4 Å². The van der Waals surface area contributed by atoms with Crippen LogP contribution in [0.25, 0.3) is 0 Å². The predicted octanol–water partition coefficient (Wildman–Crippen LogP) is 3.35. The summed E-state index contributed by atoms with van der Waals surface area (Å²) in [7, 11) is 0. The Bertz CT molecular complexity index is 400. The Morgan fingerprint density at radius 2 is 1.94 bits per heavy atom. The zero-order chi connectivity index (χ0) is 12.3. The van der Waals surface area contributed by atoms with Gasteiger partial charge >= 0.3 is 6.18 Å². The number of hydrogen-bond donors (Lipinski definition) is 0. The SMILES string of the molecule is O=C(CBr)Cc1cccc(C(F)(F)F)c1F. The molecule has 0 radical (unpaired) electrons. The minimum atomic E-state index is -4.74. The van der Waals surface area contributed by atoms with E-state index >= 15 is 0 Å². The van der Waals surface area contributed by atoms with Gasteiger partial charge in [-0.15, -0.1) is 0 Å². The molecule has 0 aliphatic rings. The van der Waals surface area contributed by atoms with Gasteiger partial charge in [0.25, 0.3) is 0 Å². The number of halogens is 5. The number of rotatable bonds is 3. The Hall–Kier alpha value is -0.910. The summed E-state index contributed by atoms with van der Waals surface area (Å²) in [6.45, 7) is 0. The van der Waals surface area contributed by atoms with E-state index in [0.717, 1.165) is 6.07 Å². The molecule has 0 bridgehead atoms. The molecule has 1 rings (SSSR count). The van der Waals surface area contributed by atoms with Gasteiger partial charge in [0.2, 0.25) is 0 Å². The van der Waals surface area contributed by atoms with Crippen molar-refractivity contribution in [2.45, 2.75) is 12.6 Å². The number of hydrogen-bond acceptors (Lipinski definition) is 1. The molecule has 0 unspecified atom stereocenters. The Labute approximate surface area is 97.6 Å². The van der Waals surface area contributed by atoms with Crippen LogP contribution in [0.15, 0.2) is 18.2 Å². The first kappa shape index (κ1) is 13.2.